The van der Waals surface area contributed by atoms with Gasteiger partial charge in [0.05, 0.1) is 5.69 Å². The number of nitrogens with zero attached hydrogens (tertiary/aromatic N) is 1. The zero-order valence-electron chi connectivity index (χ0n) is 9.41. The van der Waals surface area contributed by atoms with Gasteiger partial charge >= 0.3 is 0 Å². The Bertz CT molecular complexity index is 552. The molecule has 0 spiro atoms. The molecule has 2 heterocycles. The fraction of sp³-hybridized carbons (Fsp3) is 0.214. The van der Waals surface area contributed by atoms with Crippen molar-refractivity contribution < 1.29 is 4.39 Å². The molecule has 0 unspecified atom stereocenters. The predicted molar refractivity (Wildman–Crippen MR) is 65.0 cm³/mol. The lowest BCUT2D eigenvalue weighted by Crippen LogP contribution is -2.24. The van der Waals surface area contributed by atoms with Crippen LogP contribution in [0.25, 0.3) is 11.3 Å². The monoisotopic (exact) mass is 228 g/mol. The van der Waals surface area contributed by atoms with Crippen LogP contribution in [0.15, 0.2) is 36.4 Å². The van der Waals surface area contributed by atoms with Crippen molar-refractivity contribution in [2.75, 3.05) is 6.54 Å². The summed E-state index contributed by atoms with van der Waals surface area (Å²) in [6.45, 7) is 1.81. The maximum Gasteiger partial charge on any atom is 0.132 e. The Labute approximate surface area is 99.5 Å². The molecule has 0 saturated heterocycles. The van der Waals surface area contributed by atoms with Gasteiger partial charge < -0.3 is 5.32 Å². The number of aromatic nitrogens is 1. The van der Waals surface area contributed by atoms with Gasteiger partial charge in [0, 0.05) is 30.8 Å². The van der Waals surface area contributed by atoms with Crippen molar-refractivity contribution in [1.82, 2.24) is 10.3 Å². The van der Waals surface area contributed by atoms with E-state index in [-0.39, 0.29) is 5.82 Å². The summed E-state index contributed by atoms with van der Waals surface area (Å²) in [5, 5.41) is 3.30. The van der Waals surface area contributed by atoms with Gasteiger partial charge in [0.25, 0.3) is 0 Å². The summed E-state index contributed by atoms with van der Waals surface area (Å²) in [5.74, 6) is -0.214. The first-order chi connectivity index (χ1) is 8.34. The molecule has 0 amide bonds. The predicted octanol–water partition coefficient (Wildman–Crippen LogP) is 2.53. The molecule has 86 valence electrons. The van der Waals surface area contributed by atoms with Crippen molar-refractivity contribution in [3.05, 3.63) is 53.5 Å². The van der Waals surface area contributed by atoms with E-state index in [9.17, 15) is 4.39 Å². The quantitative estimate of drug-likeness (QED) is 0.811. The lowest BCUT2D eigenvalue weighted by molar-refractivity contribution is 0.625. The van der Waals surface area contributed by atoms with Crippen LogP contribution < -0.4 is 5.32 Å². The van der Waals surface area contributed by atoms with E-state index in [2.05, 4.69) is 10.3 Å². The van der Waals surface area contributed by atoms with Crippen molar-refractivity contribution in [1.29, 1.82) is 0 Å². The Morgan fingerprint density at radius 2 is 2.00 bits per heavy atom. The summed E-state index contributed by atoms with van der Waals surface area (Å²) < 4.78 is 13.7. The van der Waals surface area contributed by atoms with E-state index in [1.165, 1.54) is 11.6 Å². The third kappa shape index (κ3) is 1.94. The van der Waals surface area contributed by atoms with Crippen LogP contribution in [0.3, 0.4) is 0 Å². The number of rotatable bonds is 1. The summed E-state index contributed by atoms with van der Waals surface area (Å²) in [6, 6.07) is 10.7. The van der Waals surface area contributed by atoms with Crippen LogP contribution in [-0.4, -0.2) is 11.5 Å². The molecule has 2 nitrogen and oxygen atoms in total. The van der Waals surface area contributed by atoms with Crippen molar-refractivity contribution in [2.45, 2.75) is 13.0 Å². The zero-order chi connectivity index (χ0) is 11.7. The van der Waals surface area contributed by atoms with Crippen molar-refractivity contribution in [3.8, 4) is 11.3 Å². The van der Waals surface area contributed by atoms with Crippen molar-refractivity contribution in [3.63, 3.8) is 0 Å². The molecule has 0 saturated carbocycles. The molecule has 0 atom stereocenters. The molecule has 0 fully saturated rings. The highest BCUT2D eigenvalue weighted by molar-refractivity contribution is 5.60. The molecule has 17 heavy (non-hydrogen) atoms. The number of benzene rings is 1. The molecule has 2 aromatic rings. The van der Waals surface area contributed by atoms with Crippen LogP contribution >= 0.6 is 0 Å². The van der Waals surface area contributed by atoms with Crippen molar-refractivity contribution in [2.24, 2.45) is 0 Å². The Morgan fingerprint density at radius 3 is 2.88 bits per heavy atom. The highest BCUT2D eigenvalue weighted by Crippen LogP contribution is 2.23. The third-order valence-electron chi connectivity index (χ3n) is 3.07. The number of pyridine rings is 1. The Hall–Kier alpha value is -1.74. The summed E-state index contributed by atoms with van der Waals surface area (Å²) in [6.07, 6.45) is 0.914. The maximum absolute atomic E-state index is 13.7. The first-order valence-electron chi connectivity index (χ1n) is 5.79. The van der Waals surface area contributed by atoms with E-state index < -0.39 is 0 Å². The number of fused-ring (bicyclic) bond motifs is 1. The van der Waals surface area contributed by atoms with Gasteiger partial charge in [-0.3, -0.25) is 4.98 Å². The van der Waals surface area contributed by atoms with Gasteiger partial charge in [0.2, 0.25) is 0 Å². The maximum atomic E-state index is 13.7. The second kappa shape index (κ2) is 4.26. The van der Waals surface area contributed by atoms with Crippen molar-refractivity contribution >= 4 is 0 Å². The molecule has 3 rings (SSSR count). The Kier molecular flexibility index (Phi) is 2.61. The first-order valence-corrected chi connectivity index (χ1v) is 5.79. The van der Waals surface area contributed by atoms with E-state index in [0.29, 0.717) is 5.56 Å². The number of hydrogen-bond acceptors (Lipinski definition) is 2. The lowest BCUT2D eigenvalue weighted by atomic mass is 10.0. The largest absolute Gasteiger partial charge is 0.312 e. The topological polar surface area (TPSA) is 24.9 Å². The van der Waals surface area contributed by atoms with Gasteiger partial charge in [-0.15, -0.1) is 0 Å². The van der Waals surface area contributed by atoms with E-state index >= 15 is 0 Å². The molecular weight excluding hydrogens is 215 g/mol. The van der Waals surface area contributed by atoms with E-state index in [4.69, 9.17) is 0 Å². The average Bonchev–Trinajstić information content (AvgIpc) is 2.39. The molecule has 0 aliphatic carbocycles. The standard InChI is InChI=1S/C14H13FN2/c15-12-4-2-1-3-11(12)14-6-5-10-9-16-8-7-13(10)17-14/h1-6,16H,7-9H2. The van der Waals surface area contributed by atoms with Crippen LogP contribution in [0.1, 0.15) is 11.3 Å². The number of nitrogens with one attached hydrogen (secondary N) is 1. The minimum atomic E-state index is -0.214. The van der Waals surface area contributed by atoms with Gasteiger partial charge in [-0.25, -0.2) is 4.39 Å². The second-order valence-corrected chi connectivity index (χ2v) is 4.21. The van der Waals surface area contributed by atoms with Gasteiger partial charge in [-0.05, 0) is 23.8 Å². The molecule has 1 aromatic heterocycles. The van der Waals surface area contributed by atoms with Crippen LogP contribution in [0.2, 0.25) is 0 Å². The van der Waals surface area contributed by atoms with Gasteiger partial charge in [-0.2, -0.15) is 0 Å². The molecule has 0 radical (unpaired) electrons. The third-order valence-corrected chi connectivity index (χ3v) is 3.07. The Morgan fingerprint density at radius 1 is 1.12 bits per heavy atom. The lowest BCUT2D eigenvalue weighted by Gasteiger charge is -2.16. The van der Waals surface area contributed by atoms with Gasteiger partial charge in [0.15, 0.2) is 0 Å². The summed E-state index contributed by atoms with van der Waals surface area (Å²) in [4.78, 5) is 4.56. The molecular formula is C14H13FN2. The summed E-state index contributed by atoms with van der Waals surface area (Å²) in [7, 11) is 0. The highest BCUT2D eigenvalue weighted by atomic mass is 19.1. The van der Waals surface area contributed by atoms with Crippen LogP contribution in [0, 0.1) is 5.82 Å². The SMILES string of the molecule is Fc1ccccc1-c1ccc2c(n1)CCNC2. The second-order valence-electron chi connectivity index (χ2n) is 4.21. The zero-order valence-corrected chi connectivity index (χ0v) is 9.41. The van der Waals surface area contributed by atoms with E-state index in [0.717, 1.165) is 30.9 Å². The smallest absolute Gasteiger partial charge is 0.132 e. The number of hydrogen-bond donors (Lipinski definition) is 1. The van der Waals surface area contributed by atoms with Gasteiger partial charge in [0.1, 0.15) is 5.82 Å². The molecule has 1 aliphatic rings. The highest BCUT2D eigenvalue weighted by Gasteiger charge is 2.12. The fourth-order valence-electron chi connectivity index (χ4n) is 2.16. The fourth-order valence-corrected chi connectivity index (χ4v) is 2.16. The normalized spacial score (nSPS) is 14.4. The number of halogens is 1. The molecule has 0 bridgehead atoms. The van der Waals surface area contributed by atoms with Crippen LogP contribution in [-0.2, 0) is 13.0 Å². The summed E-state index contributed by atoms with van der Waals surface area (Å²) in [5.41, 5.74) is 3.61. The van der Waals surface area contributed by atoms with Gasteiger partial charge in [-0.1, -0.05) is 18.2 Å². The Balaban J connectivity index is 2.07. The minimum Gasteiger partial charge on any atom is -0.312 e. The molecule has 1 aromatic carbocycles. The molecule has 3 heteroatoms. The molecule has 1 aliphatic heterocycles. The minimum absolute atomic E-state index is 0.214. The van der Waals surface area contributed by atoms with Crippen LogP contribution in [0.4, 0.5) is 4.39 Å². The van der Waals surface area contributed by atoms with E-state index in [1.807, 2.05) is 18.2 Å². The molecule has 1 N–H and O–H groups in total. The summed E-state index contributed by atoms with van der Waals surface area (Å²) >= 11 is 0. The van der Waals surface area contributed by atoms with E-state index in [1.54, 1.807) is 12.1 Å². The first kappa shape index (κ1) is 10.4. The van der Waals surface area contributed by atoms with Crippen LogP contribution in [0.5, 0.6) is 0 Å². The average molecular weight is 228 g/mol.